The number of rotatable bonds is 1. The van der Waals surface area contributed by atoms with Crippen molar-refractivity contribution in [2.24, 2.45) is 4.36 Å². The van der Waals surface area contributed by atoms with Gasteiger partial charge in [-0.1, -0.05) is 26.6 Å². The van der Waals surface area contributed by atoms with E-state index in [1.807, 2.05) is 0 Å². The molecule has 0 spiro atoms. The molecule has 1 aromatic carbocycles. The fraction of sp³-hybridized carbons (Fsp3) is 0.300. The topological polar surface area (TPSA) is 55.5 Å². The summed E-state index contributed by atoms with van der Waals surface area (Å²) < 4.78 is 41.9. The summed E-state index contributed by atoms with van der Waals surface area (Å²) in [5.41, 5.74) is 3.53. The predicted molar refractivity (Wildman–Crippen MR) is 69.5 cm³/mol. The molecule has 0 unspecified atom stereocenters. The van der Waals surface area contributed by atoms with Crippen molar-refractivity contribution in [3.8, 4) is 0 Å². The normalized spacial score (nSPS) is 11.7. The summed E-state index contributed by atoms with van der Waals surface area (Å²) in [5.74, 6) is -0.743. The summed E-state index contributed by atoms with van der Waals surface area (Å²) in [6, 6.07) is 2.08. The van der Waals surface area contributed by atoms with Crippen molar-refractivity contribution in [1.29, 1.82) is 0 Å². The number of nitrogen functional groups attached to an aromatic ring is 1. The predicted octanol–water partition coefficient (Wildman–Crippen LogP) is 3.25. The number of halogens is 4. The zero-order valence-corrected chi connectivity index (χ0v) is 11.9. The number of hydrogen-bond donors (Lipinski definition) is 1. The van der Waals surface area contributed by atoms with Crippen LogP contribution in [0.5, 0.6) is 0 Å². The van der Waals surface area contributed by atoms with E-state index in [9.17, 15) is 18.0 Å². The summed E-state index contributed by atoms with van der Waals surface area (Å²) in [6.45, 7) is 0. The molecule has 2 N–H and O–H groups in total. The molecular weight excluding hydrogens is 333 g/mol. The molecule has 0 aliphatic carbocycles. The van der Waals surface area contributed by atoms with Crippen LogP contribution in [0.15, 0.2) is 21.0 Å². The number of nitrogens with zero attached hydrogens (tertiary/aromatic N) is 1. The van der Waals surface area contributed by atoms with E-state index in [4.69, 9.17) is 5.73 Å². The van der Waals surface area contributed by atoms with Gasteiger partial charge in [-0.25, -0.2) is 0 Å². The monoisotopic (exact) mass is 342 g/mol. The summed E-state index contributed by atoms with van der Waals surface area (Å²) in [4.78, 5) is 11.7. The molecule has 0 aliphatic rings. The average Bonchev–Trinajstić information content (AvgIpc) is 2.18. The smallest absolute Gasteiger partial charge is 0.398 e. The maximum atomic E-state index is 12.7. The van der Waals surface area contributed by atoms with Gasteiger partial charge in [0.15, 0.2) is 0 Å². The van der Waals surface area contributed by atoms with Gasteiger partial charge in [-0.05, 0) is 24.6 Å². The Kier molecular flexibility index (Phi) is 4.55. The molecule has 8 heteroatoms. The number of nitrogens with two attached hydrogens (primary N) is 1. The first-order valence-electron chi connectivity index (χ1n) is 4.63. The van der Waals surface area contributed by atoms with Crippen LogP contribution in [0.4, 0.5) is 18.9 Å². The first-order chi connectivity index (χ1) is 8.12. The van der Waals surface area contributed by atoms with Gasteiger partial charge in [-0.2, -0.15) is 17.5 Å². The number of hydrogen-bond acceptors (Lipinski definition) is 2. The van der Waals surface area contributed by atoms with Gasteiger partial charge in [0.25, 0.3) is 5.91 Å². The SMILES string of the molecule is CS(C)=NC(=O)c1cc(Br)cc(C(F)(F)F)c1N. The van der Waals surface area contributed by atoms with Gasteiger partial charge in [0, 0.05) is 4.47 Å². The van der Waals surface area contributed by atoms with Crippen LogP contribution in [-0.2, 0) is 16.9 Å². The van der Waals surface area contributed by atoms with E-state index in [2.05, 4.69) is 20.3 Å². The number of alkyl halides is 3. The minimum Gasteiger partial charge on any atom is -0.398 e. The fourth-order valence-electron chi connectivity index (χ4n) is 1.24. The largest absolute Gasteiger partial charge is 0.418 e. The van der Waals surface area contributed by atoms with Crippen LogP contribution >= 0.6 is 15.9 Å². The Bertz CT molecular complexity index is 525. The summed E-state index contributed by atoms with van der Waals surface area (Å²) in [6.07, 6.45) is -1.25. The van der Waals surface area contributed by atoms with Crippen molar-refractivity contribution in [3.05, 3.63) is 27.7 Å². The third kappa shape index (κ3) is 3.55. The minimum atomic E-state index is -4.61. The zero-order valence-electron chi connectivity index (χ0n) is 9.51. The summed E-state index contributed by atoms with van der Waals surface area (Å²) >= 11 is 2.93. The first-order valence-corrected chi connectivity index (χ1v) is 7.42. The molecule has 0 aliphatic heterocycles. The van der Waals surface area contributed by atoms with Gasteiger partial charge in [0.2, 0.25) is 0 Å². The molecule has 3 nitrogen and oxygen atoms in total. The second kappa shape index (κ2) is 5.40. The van der Waals surface area contributed by atoms with Crippen molar-refractivity contribution in [2.45, 2.75) is 6.18 Å². The standard InChI is InChI=1S/C10H10BrF3N2OS/c1-18(2)16-9(17)6-3-5(11)4-7(8(6)15)10(12,13)14/h3-4H,15H2,1-2H3. The molecule has 100 valence electrons. The molecule has 0 bridgehead atoms. The average molecular weight is 343 g/mol. The van der Waals surface area contributed by atoms with Crippen LogP contribution in [0.3, 0.4) is 0 Å². The van der Waals surface area contributed by atoms with Crippen molar-refractivity contribution in [2.75, 3.05) is 18.2 Å². The molecule has 1 aromatic rings. The highest BCUT2D eigenvalue weighted by molar-refractivity contribution is 9.10. The maximum absolute atomic E-state index is 12.7. The Hall–Kier alpha value is -0.890. The fourth-order valence-corrected chi connectivity index (χ4v) is 2.13. The molecule has 18 heavy (non-hydrogen) atoms. The lowest BCUT2D eigenvalue weighted by Crippen LogP contribution is -2.13. The molecule has 0 saturated carbocycles. The number of amides is 1. The lowest BCUT2D eigenvalue weighted by Gasteiger charge is -2.13. The van der Waals surface area contributed by atoms with E-state index in [0.717, 1.165) is 6.07 Å². The van der Waals surface area contributed by atoms with Crippen LogP contribution in [0, 0.1) is 0 Å². The molecule has 0 radical (unpaired) electrons. The number of carbonyl (C=O) groups is 1. The Morgan fingerprint density at radius 3 is 2.39 bits per heavy atom. The molecule has 0 saturated heterocycles. The number of anilines is 1. The molecule has 0 fully saturated rings. The van der Waals surface area contributed by atoms with Crippen molar-refractivity contribution in [1.82, 2.24) is 0 Å². The Balaban J connectivity index is 3.44. The van der Waals surface area contributed by atoms with Gasteiger partial charge < -0.3 is 5.73 Å². The van der Waals surface area contributed by atoms with Crippen molar-refractivity contribution < 1.29 is 18.0 Å². The second-order valence-electron chi connectivity index (χ2n) is 3.58. The van der Waals surface area contributed by atoms with E-state index < -0.39 is 34.0 Å². The zero-order chi connectivity index (χ0) is 14.1. The lowest BCUT2D eigenvalue weighted by molar-refractivity contribution is -0.136. The van der Waals surface area contributed by atoms with Crippen molar-refractivity contribution >= 4 is 38.2 Å². The highest BCUT2D eigenvalue weighted by Crippen LogP contribution is 2.37. The Morgan fingerprint density at radius 1 is 1.39 bits per heavy atom. The van der Waals surface area contributed by atoms with Gasteiger partial charge in [-0.3, -0.25) is 4.79 Å². The lowest BCUT2D eigenvalue weighted by atomic mass is 10.1. The van der Waals surface area contributed by atoms with Crippen LogP contribution < -0.4 is 5.73 Å². The highest BCUT2D eigenvalue weighted by Gasteiger charge is 2.35. The van der Waals surface area contributed by atoms with Gasteiger partial charge in [-0.15, -0.1) is 0 Å². The van der Waals surface area contributed by atoms with E-state index in [1.54, 1.807) is 12.5 Å². The molecule has 1 amide bonds. The summed E-state index contributed by atoms with van der Waals surface area (Å²) in [5, 5.41) is 0. The Labute approximate surface area is 113 Å². The van der Waals surface area contributed by atoms with E-state index in [0.29, 0.717) is 0 Å². The van der Waals surface area contributed by atoms with Crippen LogP contribution in [0.2, 0.25) is 0 Å². The molecule has 0 heterocycles. The maximum Gasteiger partial charge on any atom is 0.418 e. The molecular formula is C10H10BrF3N2OS. The minimum absolute atomic E-state index is 0.134. The molecule has 0 aromatic heterocycles. The Morgan fingerprint density at radius 2 is 1.94 bits per heavy atom. The third-order valence-electron chi connectivity index (χ3n) is 1.95. The van der Waals surface area contributed by atoms with E-state index in [-0.39, 0.29) is 10.0 Å². The van der Waals surface area contributed by atoms with Gasteiger partial charge >= 0.3 is 6.18 Å². The quantitative estimate of drug-likeness (QED) is 0.796. The van der Waals surface area contributed by atoms with Crippen LogP contribution in [0.25, 0.3) is 0 Å². The molecule has 1 rings (SSSR count). The van der Waals surface area contributed by atoms with Crippen molar-refractivity contribution in [3.63, 3.8) is 0 Å². The van der Waals surface area contributed by atoms with Gasteiger partial charge in [0.05, 0.1) is 16.8 Å². The van der Waals surface area contributed by atoms with Crippen LogP contribution in [-0.4, -0.2) is 18.4 Å². The third-order valence-corrected chi connectivity index (χ3v) is 2.93. The second-order valence-corrected chi connectivity index (χ2v) is 6.23. The van der Waals surface area contributed by atoms with E-state index >= 15 is 0 Å². The molecule has 0 atom stereocenters. The van der Waals surface area contributed by atoms with Gasteiger partial charge in [0.1, 0.15) is 0 Å². The highest BCUT2D eigenvalue weighted by atomic mass is 79.9. The van der Waals surface area contributed by atoms with Crippen LogP contribution in [0.1, 0.15) is 15.9 Å². The van der Waals surface area contributed by atoms with E-state index in [1.165, 1.54) is 6.07 Å². The summed E-state index contributed by atoms with van der Waals surface area (Å²) in [7, 11) is -0.565. The number of benzene rings is 1. The number of carbonyl (C=O) groups excluding carboxylic acids is 1. The first kappa shape index (κ1) is 15.2.